The summed E-state index contributed by atoms with van der Waals surface area (Å²) in [7, 11) is 3.18. The Morgan fingerprint density at radius 1 is 1.31 bits per heavy atom. The van der Waals surface area contributed by atoms with Crippen molar-refractivity contribution >= 4 is 18.3 Å². The van der Waals surface area contributed by atoms with Gasteiger partial charge >= 0.3 is 0 Å². The molecular formula is C18H25ClN4O3. The summed E-state index contributed by atoms with van der Waals surface area (Å²) < 4.78 is 12.4. The van der Waals surface area contributed by atoms with Crippen LogP contribution in [0.1, 0.15) is 34.9 Å². The molecule has 1 saturated heterocycles. The predicted molar refractivity (Wildman–Crippen MR) is 101 cm³/mol. The smallest absolute Gasteiger partial charge is 0.272 e. The fourth-order valence-corrected chi connectivity index (χ4v) is 2.99. The van der Waals surface area contributed by atoms with Crippen LogP contribution in [0.3, 0.4) is 0 Å². The van der Waals surface area contributed by atoms with Crippen molar-refractivity contribution in [1.29, 1.82) is 0 Å². The summed E-state index contributed by atoms with van der Waals surface area (Å²) >= 11 is 0. The molecule has 1 amide bonds. The number of hydrogen-bond acceptors (Lipinski definition) is 5. The molecule has 1 aliphatic heterocycles. The van der Waals surface area contributed by atoms with Crippen LogP contribution < -0.4 is 20.1 Å². The first kappa shape index (κ1) is 20.1. The van der Waals surface area contributed by atoms with Crippen LogP contribution in [-0.4, -0.2) is 43.0 Å². The van der Waals surface area contributed by atoms with Crippen LogP contribution in [0.2, 0.25) is 0 Å². The van der Waals surface area contributed by atoms with Gasteiger partial charge in [-0.3, -0.25) is 9.48 Å². The third-order valence-corrected chi connectivity index (χ3v) is 4.39. The van der Waals surface area contributed by atoms with Gasteiger partial charge in [0.1, 0.15) is 5.69 Å². The number of hydrogen-bond donors (Lipinski definition) is 2. The lowest BCUT2D eigenvalue weighted by atomic mass is 10.1. The van der Waals surface area contributed by atoms with Crippen molar-refractivity contribution in [3.05, 3.63) is 41.7 Å². The number of carbonyl (C=O) groups is 1. The van der Waals surface area contributed by atoms with Crippen molar-refractivity contribution in [3.63, 3.8) is 0 Å². The van der Waals surface area contributed by atoms with Crippen LogP contribution in [0, 0.1) is 0 Å². The largest absolute Gasteiger partial charge is 0.493 e. The molecule has 2 heterocycles. The Morgan fingerprint density at radius 3 is 2.81 bits per heavy atom. The molecule has 0 aliphatic carbocycles. The molecule has 0 radical (unpaired) electrons. The minimum Gasteiger partial charge on any atom is -0.493 e. The van der Waals surface area contributed by atoms with Crippen molar-refractivity contribution in [3.8, 4) is 11.5 Å². The quantitative estimate of drug-likeness (QED) is 0.803. The summed E-state index contributed by atoms with van der Waals surface area (Å²) in [6.45, 7) is 2.35. The lowest BCUT2D eigenvalue weighted by Gasteiger charge is -2.22. The molecule has 2 aromatic rings. The Morgan fingerprint density at radius 2 is 2.12 bits per heavy atom. The fraction of sp³-hybridized carbons (Fsp3) is 0.444. The number of amides is 1. The van der Waals surface area contributed by atoms with Gasteiger partial charge in [-0.25, -0.2) is 0 Å². The molecule has 1 fully saturated rings. The molecule has 1 aromatic carbocycles. The topological polar surface area (TPSA) is 77.4 Å². The average Bonchev–Trinajstić information content (AvgIpc) is 3.17. The number of methoxy groups -OCH3 is 2. The third-order valence-electron chi connectivity index (χ3n) is 4.39. The van der Waals surface area contributed by atoms with Gasteiger partial charge in [-0.15, -0.1) is 12.4 Å². The van der Waals surface area contributed by atoms with E-state index in [9.17, 15) is 4.79 Å². The number of nitrogens with zero attached hydrogens (tertiary/aromatic N) is 2. The maximum atomic E-state index is 12.3. The van der Waals surface area contributed by atoms with E-state index in [1.807, 2.05) is 29.1 Å². The Balaban J connectivity index is 0.00000243. The summed E-state index contributed by atoms with van der Waals surface area (Å²) in [5, 5.41) is 10.7. The first-order valence-corrected chi connectivity index (χ1v) is 8.46. The Labute approximate surface area is 159 Å². The molecule has 1 aromatic heterocycles. The molecule has 0 bridgehead atoms. The monoisotopic (exact) mass is 380 g/mol. The average molecular weight is 381 g/mol. The molecule has 26 heavy (non-hydrogen) atoms. The van der Waals surface area contributed by atoms with Crippen molar-refractivity contribution < 1.29 is 14.3 Å². The second-order valence-electron chi connectivity index (χ2n) is 6.05. The minimum absolute atomic E-state index is 0. The lowest BCUT2D eigenvalue weighted by Crippen LogP contribution is -2.32. The predicted octanol–water partition coefficient (Wildman–Crippen LogP) is 2.18. The highest BCUT2D eigenvalue weighted by Crippen LogP contribution is 2.27. The number of benzene rings is 1. The van der Waals surface area contributed by atoms with E-state index in [1.165, 1.54) is 0 Å². The first-order valence-electron chi connectivity index (χ1n) is 8.46. The van der Waals surface area contributed by atoms with Gasteiger partial charge in [-0.05, 0) is 43.1 Å². The summed E-state index contributed by atoms with van der Waals surface area (Å²) in [6, 6.07) is 7.66. The van der Waals surface area contributed by atoms with Crippen LogP contribution in [0.15, 0.2) is 30.5 Å². The van der Waals surface area contributed by atoms with Gasteiger partial charge in [0.25, 0.3) is 5.91 Å². The second kappa shape index (κ2) is 9.45. The molecule has 8 heteroatoms. The van der Waals surface area contributed by atoms with Gasteiger partial charge in [0.15, 0.2) is 11.5 Å². The van der Waals surface area contributed by atoms with Gasteiger partial charge in [0, 0.05) is 19.3 Å². The summed E-state index contributed by atoms with van der Waals surface area (Å²) in [5.41, 5.74) is 1.37. The maximum absolute atomic E-state index is 12.3. The highest BCUT2D eigenvalue weighted by atomic mass is 35.5. The SMILES string of the molecule is COc1ccc(CNC(=O)c2ccn(C3CCCNC3)n2)cc1OC.Cl. The van der Waals surface area contributed by atoms with Gasteiger partial charge in [-0.1, -0.05) is 6.07 Å². The van der Waals surface area contributed by atoms with E-state index in [-0.39, 0.29) is 18.3 Å². The highest BCUT2D eigenvalue weighted by molar-refractivity contribution is 5.92. The molecule has 1 atom stereocenters. The van der Waals surface area contributed by atoms with Crippen molar-refractivity contribution in [2.45, 2.75) is 25.4 Å². The first-order chi connectivity index (χ1) is 12.2. The normalized spacial score (nSPS) is 16.5. The van der Waals surface area contributed by atoms with E-state index in [0.717, 1.165) is 31.5 Å². The molecular weight excluding hydrogens is 356 g/mol. The van der Waals surface area contributed by atoms with E-state index in [2.05, 4.69) is 15.7 Å². The van der Waals surface area contributed by atoms with Gasteiger partial charge in [-0.2, -0.15) is 5.10 Å². The molecule has 1 aliphatic rings. The van der Waals surface area contributed by atoms with Gasteiger partial charge < -0.3 is 20.1 Å². The summed E-state index contributed by atoms with van der Waals surface area (Å²) in [6.07, 6.45) is 4.09. The molecule has 142 valence electrons. The number of rotatable bonds is 6. The molecule has 2 N–H and O–H groups in total. The molecule has 0 spiro atoms. The summed E-state index contributed by atoms with van der Waals surface area (Å²) in [4.78, 5) is 12.3. The number of ether oxygens (including phenoxy) is 2. The number of aromatic nitrogens is 2. The Bertz CT molecular complexity index is 729. The van der Waals surface area contributed by atoms with Crippen molar-refractivity contribution in [2.24, 2.45) is 0 Å². The van der Waals surface area contributed by atoms with Gasteiger partial charge in [0.05, 0.1) is 20.3 Å². The Hall–Kier alpha value is -2.25. The van der Waals surface area contributed by atoms with Crippen LogP contribution in [-0.2, 0) is 6.54 Å². The zero-order valence-corrected chi connectivity index (χ0v) is 15.8. The van der Waals surface area contributed by atoms with Crippen LogP contribution in [0.25, 0.3) is 0 Å². The van der Waals surface area contributed by atoms with E-state index < -0.39 is 0 Å². The molecule has 7 nitrogen and oxygen atoms in total. The number of halogens is 1. The Kier molecular flexibility index (Phi) is 7.29. The zero-order valence-electron chi connectivity index (χ0n) is 15.0. The minimum atomic E-state index is -0.183. The van der Waals surface area contributed by atoms with Crippen LogP contribution in [0.4, 0.5) is 0 Å². The fourth-order valence-electron chi connectivity index (χ4n) is 2.99. The lowest BCUT2D eigenvalue weighted by molar-refractivity contribution is 0.0944. The number of nitrogens with one attached hydrogen (secondary N) is 2. The zero-order chi connectivity index (χ0) is 17.6. The van der Waals surface area contributed by atoms with Crippen molar-refractivity contribution in [1.82, 2.24) is 20.4 Å². The molecule has 3 rings (SSSR count). The highest BCUT2D eigenvalue weighted by Gasteiger charge is 2.17. The van der Waals surface area contributed by atoms with E-state index in [0.29, 0.717) is 29.8 Å². The maximum Gasteiger partial charge on any atom is 0.272 e. The van der Waals surface area contributed by atoms with Crippen LogP contribution >= 0.6 is 12.4 Å². The standard InChI is InChI=1S/C18H24N4O3.ClH/c1-24-16-6-5-13(10-17(16)25-2)11-20-18(23)15-7-9-22(21-15)14-4-3-8-19-12-14;/h5-7,9-10,14,19H,3-4,8,11-12H2,1-2H3,(H,20,23);1H. The van der Waals surface area contributed by atoms with Crippen molar-refractivity contribution in [2.75, 3.05) is 27.3 Å². The third kappa shape index (κ3) is 4.68. The van der Waals surface area contributed by atoms with E-state index in [1.54, 1.807) is 20.3 Å². The number of carbonyl (C=O) groups excluding carboxylic acids is 1. The van der Waals surface area contributed by atoms with Crippen LogP contribution in [0.5, 0.6) is 11.5 Å². The molecule has 1 unspecified atom stereocenters. The number of piperidine rings is 1. The van der Waals surface area contributed by atoms with E-state index >= 15 is 0 Å². The van der Waals surface area contributed by atoms with Gasteiger partial charge in [0.2, 0.25) is 0 Å². The molecule has 0 saturated carbocycles. The van der Waals surface area contributed by atoms with E-state index in [4.69, 9.17) is 9.47 Å². The summed E-state index contributed by atoms with van der Waals surface area (Å²) in [5.74, 6) is 1.12. The second-order valence-corrected chi connectivity index (χ2v) is 6.05.